The molecule has 23 heavy (non-hydrogen) atoms. The third-order valence-corrected chi connectivity index (χ3v) is 3.04. The van der Waals surface area contributed by atoms with E-state index in [1.165, 1.54) is 6.26 Å². The van der Waals surface area contributed by atoms with Gasteiger partial charge >= 0.3 is 0 Å². The van der Waals surface area contributed by atoms with Crippen molar-refractivity contribution in [3.8, 4) is 5.75 Å². The second-order valence-corrected chi connectivity index (χ2v) is 4.84. The predicted octanol–water partition coefficient (Wildman–Crippen LogP) is 1.95. The van der Waals surface area contributed by atoms with E-state index in [4.69, 9.17) is 9.15 Å². The molecule has 0 saturated carbocycles. The van der Waals surface area contributed by atoms with Crippen LogP contribution in [0, 0.1) is 0 Å². The molecule has 0 saturated heterocycles. The van der Waals surface area contributed by atoms with E-state index in [9.17, 15) is 5.11 Å². The molecule has 0 spiro atoms. The van der Waals surface area contributed by atoms with E-state index in [-0.39, 0.29) is 6.54 Å². The first-order valence-electron chi connectivity index (χ1n) is 7.71. The van der Waals surface area contributed by atoms with E-state index in [2.05, 4.69) is 15.6 Å². The fourth-order valence-electron chi connectivity index (χ4n) is 1.95. The molecule has 0 bridgehead atoms. The summed E-state index contributed by atoms with van der Waals surface area (Å²) in [6, 6.07) is 13.1. The average molecular weight is 317 g/mol. The Labute approximate surface area is 136 Å². The Bertz CT molecular complexity index is 570. The number of para-hydroxylation sites is 1. The fourth-order valence-corrected chi connectivity index (χ4v) is 1.95. The van der Waals surface area contributed by atoms with Gasteiger partial charge < -0.3 is 24.9 Å². The third-order valence-electron chi connectivity index (χ3n) is 3.04. The summed E-state index contributed by atoms with van der Waals surface area (Å²) >= 11 is 0. The normalized spacial score (nSPS) is 12.7. The zero-order valence-electron chi connectivity index (χ0n) is 13.2. The summed E-state index contributed by atoms with van der Waals surface area (Å²) in [4.78, 5) is 4.34. The predicted molar refractivity (Wildman–Crippen MR) is 89.6 cm³/mol. The highest BCUT2D eigenvalue weighted by Gasteiger charge is 2.09. The summed E-state index contributed by atoms with van der Waals surface area (Å²) in [5.74, 6) is 1.98. The van der Waals surface area contributed by atoms with Crippen LogP contribution in [0.25, 0.3) is 0 Å². The lowest BCUT2D eigenvalue weighted by atomic mass is 10.3. The summed E-state index contributed by atoms with van der Waals surface area (Å²) in [6.07, 6.45) is 0.785. The van der Waals surface area contributed by atoms with Crippen molar-refractivity contribution in [1.29, 1.82) is 0 Å². The van der Waals surface area contributed by atoms with Crippen molar-refractivity contribution in [3.63, 3.8) is 0 Å². The van der Waals surface area contributed by atoms with Crippen molar-refractivity contribution in [2.24, 2.45) is 4.99 Å². The molecule has 1 aromatic carbocycles. The second-order valence-electron chi connectivity index (χ2n) is 4.84. The first-order valence-corrected chi connectivity index (χ1v) is 7.71. The van der Waals surface area contributed by atoms with Gasteiger partial charge in [-0.25, -0.2) is 0 Å². The smallest absolute Gasteiger partial charge is 0.191 e. The van der Waals surface area contributed by atoms with Crippen molar-refractivity contribution >= 4 is 5.96 Å². The van der Waals surface area contributed by atoms with Gasteiger partial charge in [0.2, 0.25) is 0 Å². The number of guanidine groups is 1. The van der Waals surface area contributed by atoms with Gasteiger partial charge in [-0.15, -0.1) is 0 Å². The van der Waals surface area contributed by atoms with Crippen LogP contribution >= 0.6 is 0 Å². The van der Waals surface area contributed by atoms with Gasteiger partial charge in [0, 0.05) is 6.54 Å². The first kappa shape index (κ1) is 16.9. The Balaban J connectivity index is 1.75. The number of nitrogens with zero attached hydrogens (tertiary/aromatic N) is 1. The lowest BCUT2D eigenvalue weighted by molar-refractivity contribution is 0.158. The molecule has 1 heterocycles. The highest BCUT2D eigenvalue weighted by molar-refractivity contribution is 5.79. The number of aliphatic hydroxyl groups is 1. The van der Waals surface area contributed by atoms with E-state index < -0.39 is 6.10 Å². The fraction of sp³-hybridized carbons (Fsp3) is 0.353. The number of aliphatic imine (C=N–C) groups is 1. The van der Waals surface area contributed by atoms with Gasteiger partial charge in [-0.3, -0.25) is 4.99 Å². The molecule has 0 radical (unpaired) electrons. The van der Waals surface area contributed by atoms with Crippen molar-refractivity contribution in [1.82, 2.24) is 10.6 Å². The molecular formula is C17H23N3O3. The van der Waals surface area contributed by atoms with E-state index in [1.807, 2.05) is 37.3 Å². The zero-order valence-corrected chi connectivity index (χ0v) is 13.2. The monoisotopic (exact) mass is 317 g/mol. The van der Waals surface area contributed by atoms with Crippen LogP contribution in [0.3, 0.4) is 0 Å². The summed E-state index contributed by atoms with van der Waals surface area (Å²) in [5, 5.41) is 16.3. The Kier molecular flexibility index (Phi) is 7.00. The molecule has 1 aromatic heterocycles. The van der Waals surface area contributed by atoms with Gasteiger partial charge in [0.15, 0.2) is 5.96 Å². The minimum absolute atomic E-state index is 0.225. The molecule has 6 heteroatoms. The summed E-state index contributed by atoms with van der Waals surface area (Å²) < 4.78 is 10.8. The average Bonchev–Trinajstić information content (AvgIpc) is 3.11. The molecular weight excluding hydrogens is 294 g/mol. The third kappa shape index (κ3) is 6.04. The summed E-state index contributed by atoms with van der Waals surface area (Å²) in [5.41, 5.74) is 0. The molecule has 0 fully saturated rings. The number of hydrogen-bond donors (Lipinski definition) is 3. The highest BCUT2D eigenvalue weighted by Crippen LogP contribution is 2.12. The molecule has 2 aromatic rings. The Morgan fingerprint density at radius 3 is 2.74 bits per heavy atom. The van der Waals surface area contributed by atoms with Crippen molar-refractivity contribution in [2.75, 3.05) is 26.2 Å². The van der Waals surface area contributed by atoms with Crippen LogP contribution in [0.15, 0.2) is 58.1 Å². The maximum Gasteiger partial charge on any atom is 0.191 e. The van der Waals surface area contributed by atoms with E-state index in [1.54, 1.807) is 12.1 Å². The lowest BCUT2D eigenvalue weighted by Crippen LogP contribution is -2.39. The van der Waals surface area contributed by atoms with Gasteiger partial charge in [0.1, 0.15) is 24.2 Å². The van der Waals surface area contributed by atoms with E-state index in [0.717, 1.165) is 12.3 Å². The van der Waals surface area contributed by atoms with Crippen LogP contribution in [0.1, 0.15) is 18.8 Å². The molecule has 3 N–H and O–H groups in total. The molecule has 124 valence electrons. The molecule has 0 aliphatic carbocycles. The van der Waals surface area contributed by atoms with Gasteiger partial charge in [-0.1, -0.05) is 18.2 Å². The number of furan rings is 1. The van der Waals surface area contributed by atoms with Gasteiger partial charge in [0.25, 0.3) is 0 Å². The Hall–Kier alpha value is -2.47. The Morgan fingerprint density at radius 1 is 1.22 bits per heavy atom. The van der Waals surface area contributed by atoms with Crippen molar-refractivity contribution in [2.45, 2.75) is 13.0 Å². The molecule has 0 amide bonds. The van der Waals surface area contributed by atoms with Crippen molar-refractivity contribution < 1.29 is 14.3 Å². The van der Waals surface area contributed by atoms with Crippen LogP contribution in [-0.4, -0.2) is 37.3 Å². The molecule has 2 rings (SSSR count). The van der Waals surface area contributed by atoms with Gasteiger partial charge in [-0.2, -0.15) is 0 Å². The minimum Gasteiger partial charge on any atom is -0.492 e. The lowest BCUT2D eigenvalue weighted by Gasteiger charge is -2.13. The first-order chi connectivity index (χ1) is 11.3. The molecule has 0 aliphatic rings. The van der Waals surface area contributed by atoms with Crippen LogP contribution < -0.4 is 15.4 Å². The summed E-state index contributed by atoms with van der Waals surface area (Å²) in [6.45, 7) is 4.08. The van der Waals surface area contributed by atoms with Crippen molar-refractivity contribution in [3.05, 3.63) is 54.5 Å². The second kappa shape index (κ2) is 9.53. The van der Waals surface area contributed by atoms with Crippen LogP contribution in [0.5, 0.6) is 5.75 Å². The molecule has 6 nitrogen and oxygen atoms in total. The Morgan fingerprint density at radius 2 is 2.04 bits per heavy atom. The van der Waals surface area contributed by atoms with Crippen LogP contribution in [-0.2, 0) is 0 Å². The largest absolute Gasteiger partial charge is 0.492 e. The van der Waals surface area contributed by atoms with E-state index in [0.29, 0.717) is 24.9 Å². The standard InChI is InChI=1S/C17H23N3O3/c1-2-18-17(20-13-15(21)16-9-6-11-23-16)19-10-12-22-14-7-4-3-5-8-14/h3-9,11,15,21H,2,10,12-13H2,1H3,(H2,18,19,20). The number of ether oxygens (including phenoxy) is 1. The van der Waals surface area contributed by atoms with Crippen LogP contribution in [0.2, 0.25) is 0 Å². The highest BCUT2D eigenvalue weighted by atomic mass is 16.5. The van der Waals surface area contributed by atoms with Crippen LogP contribution in [0.4, 0.5) is 0 Å². The number of rotatable bonds is 8. The number of aliphatic hydroxyl groups excluding tert-OH is 1. The number of hydrogen-bond acceptors (Lipinski definition) is 4. The van der Waals surface area contributed by atoms with Gasteiger partial charge in [0.05, 0.1) is 19.4 Å². The molecule has 0 aliphatic heterocycles. The maximum absolute atomic E-state index is 9.97. The number of nitrogens with one attached hydrogen (secondary N) is 2. The topological polar surface area (TPSA) is 79.0 Å². The quantitative estimate of drug-likeness (QED) is 0.394. The van der Waals surface area contributed by atoms with E-state index >= 15 is 0 Å². The SMILES string of the molecule is CCNC(=NCC(O)c1ccco1)NCCOc1ccccc1. The van der Waals surface area contributed by atoms with Gasteiger partial charge in [-0.05, 0) is 31.2 Å². The number of benzene rings is 1. The molecule has 1 unspecified atom stereocenters. The summed E-state index contributed by atoms with van der Waals surface area (Å²) in [7, 11) is 0. The minimum atomic E-state index is -0.749. The zero-order chi connectivity index (χ0) is 16.3. The maximum atomic E-state index is 9.97. The molecule has 1 atom stereocenters.